The summed E-state index contributed by atoms with van der Waals surface area (Å²) in [6.07, 6.45) is 2.33. The number of carbonyl (C=O) groups excluding carboxylic acids is 1. The van der Waals surface area contributed by atoms with Crippen LogP contribution in [-0.2, 0) is 19.4 Å². The van der Waals surface area contributed by atoms with Gasteiger partial charge in [0.2, 0.25) is 5.91 Å². The van der Waals surface area contributed by atoms with Crippen LogP contribution in [0, 0.1) is 5.92 Å². The molecule has 116 valence electrons. The summed E-state index contributed by atoms with van der Waals surface area (Å²) in [5, 5.41) is 8.12. The van der Waals surface area contributed by atoms with E-state index in [9.17, 15) is 18.0 Å². The highest BCUT2D eigenvalue weighted by atomic mass is 32.2. The average molecular weight is 305 g/mol. The number of carboxylic acid groups (broad SMARTS) is 1. The Hall–Kier alpha value is -1.11. The van der Waals surface area contributed by atoms with E-state index in [1.165, 1.54) is 0 Å². The number of carboxylic acids is 1. The number of likely N-dealkylation sites (tertiary alicyclic amines) is 1. The van der Waals surface area contributed by atoms with Gasteiger partial charge in [0.05, 0.1) is 5.25 Å². The second-order valence-electron chi connectivity index (χ2n) is 5.64. The lowest BCUT2D eigenvalue weighted by Crippen LogP contribution is -2.43. The Morgan fingerprint density at radius 1 is 1.35 bits per heavy atom. The fourth-order valence-corrected chi connectivity index (χ4v) is 3.14. The quantitative estimate of drug-likeness (QED) is 0.787. The van der Waals surface area contributed by atoms with Gasteiger partial charge in [0.1, 0.15) is 5.75 Å². The highest BCUT2D eigenvalue weighted by molar-refractivity contribution is 7.92. The predicted octanol–water partition coefficient (Wildman–Crippen LogP) is 0.913. The third-order valence-corrected chi connectivity index (χ3v) is 5.77. The molecular weight excluding hydrogens is 282 g/mol. The van der Waals surface area contributed by atoms with Crippen LogP contribution in [0.15, 0.2) is 0 Å². The van der Waals surface area contributed by atoms with Crippen LogP contribution in [0.5, 0.6) is 0 Å². The first-order valence-electron chi connectivity index (χ1n) is 6.93. The maximum Gasteiger partial charge on any atom is 0.303 e. The third kappa shape index (κ3) is 5.11. The van der Waals surface area contributed by atoms with Gasteiger partial charge in [-0.15, -0.1) is 0 Å². The first kappa shape index (κ1) is 16.9. The summed E-state index contributed by atoms with van der Waals surface area (Å²) >= 11 is 0. The third-order valence-electron chi connectivity index (χ3n) is 3.68. The molecule has 7 heteroatoms. The topological polar surface area (TPSA) is 91.8 Å². The molecular formula is C13H23NO5S. The van der Waals surface area contributed by atoms with Gasteiger partial charge in [-0.25, -0.2) is 8.42 Å². The molecule has 1 amide bonds. The van der Waals surface area contributed by atoms with E-state index in [1.54, 1.807) is 18.7 Å². The van der Waals surface area contributed by atoms with Gasteiger partial charge in [-0.3, -0.25) is 9.59 Å². The van der Waals surface area contributed by atoms with Crippen LogP contribution in [0.4, 0.5) is 0 Å². The van der Waals surface area contributed by atoms with Crippen molar-refractivity contribution in [2.45, 2.75) is 44.8 Å². The number of nitrogens with zero attached hydrogens (tertiary/aromatic N) is 1. The van der Waals surface area contributed by atoms with Crippen molar-refractivity contribution in [1.82, 2.24) is 4.90 Å². The van der Waals surface area contributed by atoms with E-state index in [1.807, 2.05) is 0 Å². The molecule has 0 spiro atoms. The molecule has 1 aliphatic rings. The van der Waals surface area contributed by atoms with E-state index in [4.69, 9.17) is 5.11 Å². The molecule has 0 aromatic carbocycles. The Balaban J connectivity index is 2.54. The highest BCUT2D eigenvalue weighted by Gasteiger charge is 2.28. The van der Waals surface area contributed by atoms with Crippen molar-refractivity contribution in [1.29, 1.82) is 0 Å². The van der Waals surface area contributed by atoms with Crippen molar-refractivity contribution in [3.8, 4) is 0 Å². The fourth-order valence-electron chi connectivity index (χ4n) is 2.28. The minimum Gasteiger partial charge on any atom is -0.481 e. The number of carbonyl (C=O) groups is 2. The Kier molecular flexibility index (Phi) is 5.98. The first-order valence-corrected chi connectivity index (χ1v) is 8.65. The molecule has 1 fully saturated rings. The molecule has 0 aliphatic carbocycles. The summed E-state index contributed by atoms with van der Waals surface area (Å²) in [4.78, 5) is 24.2. The maximum absolute atomic E-state index is 12.0. The Morgan fingerprint density at radius 3 is 2.55 bits per heavy atom. The number of hydrogen-bond donors (Lipinski definition) is 1. The van der Waals surface area contributed by atoms with E-state index >= 15 is 0 Å². The van der Waals surface area contributed by atoms with Crippen LogP contribution in [0.25, 0.3) is 0 Å². The summed E-state index contributed by atoms with van der Waals surface area (Å²) in [7, 11) is -3.38. The monoisotopic (exact) mass is 305 g/mol. The van der Waals surface area contributed by atoms with Crippen LogP contribution in [-0.4, -0.2) is 54.4 Å². The Morgan fingerprint density at radius 2 is 2.00 bits per heavy atom. The molecule has 1 rings (SSSR count). The molecule has 0 saturated carbocycles. The van der Waals surface area contributed by atoms with Gasteiger partial charge in [-0.2, -0.15) is 0 Å². The van der Waals surface area contributed by atoms with Gasteiger partial charge in [-0.05, 0) is 39.0 Å². The van der Waals surface area contributed by atoms with Crippen LogP contribution < -0.4 is 0 Å². The van der Waals surface area contributed by atoms with Crippen LogP contribution in [0.3, 0.4) is 0 Å². The lowest BCUT2D eigenvalue weighted by atomic mass is 9.93. The van der Waals surface area contributed by atoms with Gasteiger partial charge in [0.25, 0.3) is 0 Å². The number of aliphatic carboxylic acids is 1. The molecule has 6 nitrogen and oxygen atoms in total. The lowest BCUT2D eigenvalue weighted by Gasteiger charge is -2.32. The van der Waals surface area contributed by atoms with Gasteiger partial charge < -0.3 is 10.0 Å². The van der Waals surface area contributed by atoms with Crippen LogP contribution in [0.1, 0.15) is 39.5 Å². The zero-order chi connectivity index (χ0) is 15.3. The smallest absolute Gasteiger partial charge is 0.303 e. The SMILES string of the molecule is CC(C)S(=O)(=O)CC(=O)N1CCCC(CCC(=O)O)C1. The summed E-state index contributed by atoms with van der Waals surface area (Å²) in [5.41, 5.74) is 0. The van der Waals surface area contributed by atoms with E-state index in [0.717, 1.165) is 12.8 Å². The standard InChI is InChI=1S/C13H23NO5S/c1-10(2)20(18,19)9-12(15)14-7-3-4-11(8-14)5-6-13(16)17/h10-11H,3-9H2,1-2H3,(H,16,17). The second kappa shape index (κ2) is 7.06. The zero-order valence-electron chi connectivity index (χ0n) is 12.0. The molecule has 1 saturated heterocycles. The molecule has 20 heavy (non-hydrogen) atoms. The minimum absolute atomic E-state index is 0.0942. The summed E-state index contributed by atoms with van der Waals surface area (Å²) in [6, 6.07) is 0. The minimum atomic E-state index is -3.38. The predicted molar refractivity (Wildman–Crippen MR) is 75.1 cm³/mol. The van der Waals surface area contributed by atoms with Crippen LogP contribution in [0.2, 0.25) is 0 Å². The van der Waals surface area contributed by atoms with Gasteiger partial charge in [0.15, 0.2) is 9.84 Å². The van der Waals surface area contributed by atoms with E-state index in [0.29, 0.717) is 19.5 Å². The van der Waals surface area contributed by atoms with Crippen molar-refractivity contribution in [2.24, 2.45) is 5.92 Å². The number of piperidine rings is 1. The average Bonchev–Trinajstić information content (AvgIpc) is 2.36. The van der Waals surface area contributed by atoms with E-state index < -0.39 is 26.8 Å². The molecule has 0 bridgehead atoms. The molecule has 0 aromatic rings. The van der Waals surface area contributed by atoms with Crippen molar-refractivity contribution in [3.63, 3.8) is 0 Å². The number of rotatable bonds is 6. The molecule has 1 N–H and O–H groups in total. The number of amides is 1. The number of hydrogen-bond acceptors (Lipinski definition) is 4. The van der Waals surface area contributed by atoms with Crippen molar-refractivity contribution >= 4 is 21.7 Å². The number of sulfone groups is 1. The molecule has 1 unspecified atom stereocenters. The molecule has 0 aromatic heterocycles. The van der Waals surface area contributed by atoms with Gasteiger partial charge in [0, 0.05) is 19.5 Å². The second-order valence-corrected chi connectivity index (χ2v) is 8.19. The molecule has 0 radical (unpaired) electrons. The lowest BCUT2D eigenvalue weighted by molar-refractivity contribution is -0.137. The molecule has 1 atom stereocenters. The summed E-state index contributed by atoms with van der Waals surface area (Å²) < 4.78 is 23.5. The normalized spacial score (nSPS) is 20.1. The van der Waals surface area contributed by atoms with Crippen LogP contribution >= 0.6 is 0 Å². The van der Waals surface area contributed by atoms with Crippen molar-refractivity contribution < 1.29 is 23.1 Å². The summed E-state index contributed by atoms with van der Waals surface area (Å²) in [6.45, 7) is 4.17. The van der Waals surface area contributed by atoms with E-state index in [2.05, 4.69) is 0 Å². The van der Waals surface area contributed by atoms with Gasteiger partial charge >= 0.3 is 5.97 Å². The first-order chi connectivity index (χ1) is 9.22. The highest BCUT2D eigenvalue weighted by Crippen LogP contribution is 2.21. The maximum atomic E-state index is 12.0. The van der Waals surface area contributed by atoms with Gasteiger partial charge in [-0.1, -0.05) is 0 Å². The summed E-state index contributed by atoms with van der Waals surface area (Å²) in [5.74, 6) is -1.49. The Bertz CT molecular complexity index is 457. The Labute approximate surface area is 120 Å². The van der Waals surface area contributed by atoms with Crippen molar-refractivity contribution in [2.75, 3.05) is 18.8 Å². The van der Waals surface area contributed by atoms with E-state index in [-0.39, 0.29) is 18.2 Å². The van der Waals surface area contributed by atoms with Crippen molar-refractivity contribution in [3.05, 3.63) is 0 Å². The molecule has 1 heterocycles. The zero-order valence-corrected chi connectivity index (χ0v) is 12.9. The molecule has 1 aliphatic heterocycles. The largest absolute Gasteiger partial charge is 0.481 e. The fraction of sp³-hybridized carbons (Fsp3) is 0.846.